The maximum absolute atomic E-state index is 9.25. The molecule has 0 saturated carbocycles. The summed E-state index contributed by atoms with van der Waals surface area (Å²) in [6, 6.07) is 19.1. The fourth-order valence-electron chi connectivity index (χ4n) is 2.08. The number of benzene rings is 2. The zero-order valence-corrected chi connectivity index (χ0v) is 11.0. The number of para-hydroxylation sites is 2. The van der Waals surface area contributed by atoms with Gasteiger partial charge in [0.15, 0.2) is 0 Å². The van der Waals surface area contributed by atoms with E-state index in [0.29, 0.717) is 11.4 Å². The van der Waals surface area contributed by atoms with E-state index in [1.807, 2.05) is 55.5 Å². The Balaban J connectivity index is 2.09. The third-order valence-corrected chi connectivity index (χ3v) is 3.12. The number of nitriles is 1. The number of nitrogens with zero attached hydrogens (tertiary/aromatic N) is 2. The average Bonchev–Trinajstić information content (AvgIpc) is 2.49. The Morgan fingerprint density at radius 2 is 1.80 bits per heavy atom. The first-order chi connectivity index (χ1) is 9.78. The average molecular weight is 260 g/mol. The summed E-state index contributed by atoms with van der Waals surface area (Å²) in [4.78, 5) is 4.45. The Labute approximate surface area is 117 Å². The standard InChI is InChI=1S/C17H12N2O/c1-12-6-2-5-9-16(12)20-17-10-13(11-18)14-7-3-4-8-15(14)19-17/h2-10H,1H3. The predicted molar refractivity (Wildman–Crippen MR) is 77.7 cm³/mol. The molecule has 0 spiro atoms. The molecule has 0 unspecified atom stereocenters. The van der Waals surface area contributed by atoms with Gasteiger partial charge >= 0.3 is 0 Å². The van der Waals surface area contributed by atoms with Crippen molar-refractivity contribution in [1.29, 1.82) is 5.26 Å². The van der Waals surface area contributed by atoms with Crippen molar-refractivity contribution in [3.63, 3.8) is 0 Å². The van der Waals surface area contributed by atoms with E-state index >= 15 is 0 Å². The summed E-state index contributed by atoms with van der Waals surface area (Å²) < 4.78 is 5.80. The third kappa shape index (κ3) is 2.19. The second kappa shape index (κ2) is 5.02. The molecule has 3 aromatic rings. The third-order valence-electron chi connectivity index (χ3n) is 3.12. The van der Waals surface area contributed by atoms with Gasteiger partial charge in [-0.1, -0.05) is 36.4 Å². The van der Waals surface area contributed by atoms with Gasteiger partial charge in [0.25, 0.3) is 0 Å². The summed E-state index contributed by atoms with van der Waals surface area (Å²) >= 11 is 0. The number of rotatable bonds is 2. The van der Waals surface area contributed by atoms with Gasteiger partial charge in [0, 0.05) is 11.5 Å². The van der Waals surface area contributed by atoms with E-state index in [1.165, 1.54) is 0 Å². The van der Waals surface area contributed by atoms with Gasteiger partial charge in [-0.05, 0) is 24.6 Å². The number of fused-ring (bicyclic) bond motifs is 1. The summed E-state index contributed by atoms with van der Waals surface area (Å²) in [7, 11) is 0. The predicted octanol–water partition coefficient (Wildman–Crippen LogP) is 4.21. The van der Waals surface area contributed by atoms with Gasteiger partial charge in [0.2, 0.25) is 5.88 Å². The van der Waals surface area contributed by atoms with Gasteiger partial charge in [-0.25, -0.2) is 4.98 Å². The Morgan fingerprint density at radius 1 is 1.05 bits per heavy atom. The highest BCUT2D eigenvalue weighted by molar-refractivity contribution is 5.85. The first-order valence-corrected chi connectivity index (χ1v) is 6.31. The van der Waals surface area contributed by atoms with Crippen LogP contribution in [-0.2, 0) is 0 Å². The summed E-state index contributed by atoms with van der Waals surface area (Å²) in [6.07, 6.45) is 0. The quantitative estimate of drug-likeness (QED) is 0.693. The van der Waals surface area contributed by atoms with Crippen molar-refractivity contribution in [2.24, 2.45) is 0 Å². The zero-order chi connectivity index (χ0) is 13.9. The van der Waals surface area contributed by atoms with Crippen LogP contribution in [0.3, 0.4) is 0 Å². The molecule has 20 heavy (non-hydrogen) atoms. The van der Waals surface area contributed by atoms with E-state index < -0.39 is 0 Å². The smallest absolute Gasteiger partial charge is 0.221 e. The molecule has 3 heteroatoms. The molecule has 1 aromatic heterocycles. The van der Waals surface area contributed by atoms with Crippen LogP contribution in [0, 0.1) is 18.3 Å². The van der Waals surface area contributed by atoms with E-state index in [0.717, 1.165) is 22.2 Å². The van der Waals surface area contributed by atoms with Gasteiger partial charge in [-0.3, -0.25) is 0 Å². The van der Waals surface area contributed by atoms with Crippen LogP contribution in [0.4, 0.5) is 0 Å². The number of aryl methyl sites for hydroxylation is 1. The largest absolute Gasteiger partial charge is 0.439 e. The number of ether oxygens (including phenoxy) is 1. The molecule has 0 bridgehead atoms. The molecule has 0 aliphatic carbocycles. The fraction of sp³-hybridized carbons (Fsp3) is 0.0588. The van der Waals surface area contributed by atoms with Gasteiger partial charge in [0.1, 0.15) is 11.8 Å². The second-order valence-corrected chi connectivity index (χ2v) is 4.50. The summed E-state index contributed by atoms with van der Waals surface area (Å²) in [5.74, 6) is 1.19. The molecule has 0 atom stereocenters. The van der Waals surface area contributed by atoms with Crippen molar-refractivity contribution in [2.45, 2.75) is 6.92 Å². The van der Waals surface area contributed by atoms with Crippen molar-refractivity contribution < 1.29 is 4.74 Å². The van der Waals surface area contributed by atoms with Gasteiger partial charge in [-0.15, -0.1) is 0 Å². The van der Waals surface area contributed by atoms with Crippen molar-refractivity contribution in [3.05, 3.63) is 65.7 Å². The molecule has 1 heterocycles. The minimum absolute atomic E-state index is 0.439. The summed E-state index contributed by atoms with van der Waals surface area (Å²) in [5, 5.41) is 10.1. The SMILES string of the molecule is Cc1ccccc1Oc1cc(C#N)c2ccccc2n1. The van der Waals surface area contributed by atoms with Crippen LogP contribution in [0.1, 0.15) is 11.1 Å². The molecule has 0 amide bonds. The van der Waals surface area contributed by atoms with Crippen LogP contribution < -0.4 is 4.74 Å². The molecule has 0 radical (unpaired) electrons. The van der Waals surface area contributed by atoms with E-state index in [-0.39, 0.29) is 0 Å². The minimum atomic E-state index is 0.439. The van der Waals surface area contributed by atoms with Gasteiger partial charge < -0.3 is 4.74 Å². The van der Waals surface area contributed by atoms with Crippen molar-refractivity contribution >= 4 is 10.9 Å². The molecular formula is C17H12N2O. The lowest BCUT2D eigenvalue weighted by Crippen LogP contribution is -1.92. The topological polar surface area (TPSA) is 45.9 Å². The summed E-state index contributed by atoms with van der Waals surface area (Å²) in [6.45, 7) is 1.97. The number of aromatic nitrogens is 1. The van der Waals surface area contributed by atoms with Crippen molar-refractivity contribution in [3.8, 4) is 17.7 Å². The minimum Gasteiger partial charge on any atom is -0.439 e. The molecule has 0 saturated heterocycles. The van der Waals surface area contributed by atoms with E-state index in [1.54, 1.807) is 6.07 Å². The highest BCUT2D eigenvalue weighted by Crippen LogP contribution is 2.27. The van der Waals surface area contributed by atoms with Crippen LogP contribution in [0.2, 0.25) is 0 Å². The molecule has 3 rings (SSSR count). The monoisotopic (exact) mass is 260 g/mol. The molecule has 0 aliphatic heterocycles. The fourth-order valence-corrected chi connectivity index (χ4v) is 2.08. The van der Waals surface area contributed by atoms with E-state index in [9.17, 15) is 5.26 Å². The summed E-state index contributed by atoms with van der Waals surface area (Å²) in [5.41, 5.74) is 2.36. The molecule has 0 aliphatic rings. The van der Waals surface area contributed by atoms with Crippen LogP contribution in [0.5, 0.6) is 11.6 Å². The molecule has 3 nitrogen and oxygen atoms in total. The Morgan fingerprint density at radius 3 is 2.60 bits per heavy atom. The molecule has 0 fully saturated rings. The highest BCUT2D eigenvalue weighted by Gasteiger charge is 2.07. The van der Waals surface area contributed by atoms with E-state index in [2.05, 4.69) is 11.1 Å². The van der Waals surface area contributed by atoms with Crippen LogP contribution >= 0.6 is 0 Å². The van der Waals surface area contributed by atoms with Gasteiger partial charge in [0.05, 0.1) is 11.1 Å². The van der Waals surface area contributed by atoms with Crippen molar-refractivity contribution in [2.75, 3.05) is 0 Å². The van der Waals surface area contributed by atoms with Crippen molar-refractivity contribution in [1.82, 2.24) is 4.98 Å². The zero-order valence-electron chi connectivity index (χ0n) is 11.0. The first kappa shape index (κ1) is 12.2. The Bertz CT molecular complexity index is 819. The van der Waals surface area contributed by atoms with Crippen LogP contribution in [0.25, 0.3) is 10.9 Å². The molecular weight excluding hydrogens is 248 g/mol. The van der Waals surface area contributed by atoms with Crippen LogP contribution in [0.15, 0.2) is 54.6 Å². The first-order valence-electron chi connectivity index (χ1n) is 6.31. The number of hydrogen-bond donors (Lipinski definition) is 0. The molecule has 2 aromatic carbocycles. The normalized spacial score (nSPS) is 10.2. The number of pyridine rings is 1. The van der Waals surface area contributed by atoms with Crippen LogP contribution in [-0.4, -0.2) is 4.98 Å². The number of hydrogen-bond acceptors (Lipinski definition) is 3. The lowest BCUT2D eigenvalue weighted by atomic mass is 10.1. The lowest BCUT2D eigenvalue weighted by molar-refractivity contribution is 0.461. The molecule has 0 N–H and O–H groups in total. The maximum Gasteiger partial charge on any atom is 0.221 e. The van der Waals surface area contributed by atoms with E-state index in [4.69, 9.17) is 4.74 Å². The Hall–Kier alpha value is -2.86. The van der Waals surface area contributed by atoms with Gasteiger partial charge in [-0.2, -0.15) is 5.26 Å². The maximum atomic E-state index is 9.25. The lowest BCUT2D eigenvalue weighted by Gasteiger charge is -2.09. The second-order valence-electron chi connectivity index (χ2n) is 4.50. The Kier molecular flexibility index (Phi) is 3.06. The molecule has 96 valence electrons. The highest BCUT2D eigenvalue weighted by atomic mass is 16.5.